The van der Waals surface area contributed by atoms with Gasteiger partial charge in [-0.3, -0.25) is 44.0 Å². The zero-order valence-corrected chi connectivity index (χ0v) is 39.2. The van der Waals surface area contributed by atoms with Crippen molar-refractivity contribution in [2.24, 2.45) is 16.7 Å². The molecule has 354 valence electrons. The summed E-state index contributed by atoms with van der Waals surface area (Å²) in [6.45, 7) is 16.1. The molecular formula is C49H58ClN9O8. The van der Waals surface area contributed by atoms with E-state index >= 15 is 0 Å². The smallest absolute Gasteiger partial charge is 0.271 e. The van der Waals surface area contributed by atoms with Crippen molar-refractivity contribution >= 4 is 47.0 Å². The van der Waals surface area contributed by atoms with Crippen LogP contribution in [0.25, 0.3) is 0 Å². The first-order valence-electron chi connectivity index (χ1n) is 23.4. The van der Waals surface area contributed by atoms with E-state index in [4.69, 9.17) is 30.8 Å². The number of imide groups is 2. The van der Waals surface area contributed by atoms with Gasteiger partial charge in [-0.1, -0.05) is 39.3 Å². The number of nitrogens with zero attached hydrogens (tertiary/aromatic N) is 7. The van der Waals surface area contributed by atoms with E-state index in [9.17, 15) is 29.2 Å². The van der Waals surface area contributed by atoms with E-state index in [1.54, 1.807) is 48.8 Å². The number of aromatic nitrogens is 2. The van der Waals surface area contributed by atoms with E-state index in [1.165, 1.54) is 0 Å². The first-order valence-corrected chi connectivity index (χ1v) is 23.8. The van der Waals surface area contributed by atoms with Gasteiger partial charge < -0.3 is 24.4 Å². The van der Waals surface area contributed by atoms with Gasteiger partial charge in [-0.05, 0) is 55.5 Å². The van der Waals surface area contributed by atoms with Crippen LogP contribution in [0.1, 0.15) is 103 Å². The second-order valence-electron chi connectivity index (χ2n) is 20.0. The van der Waals surface area contributed by atoms with E-state index in [0.29, 0.717) is 34.0 Å². The summed E-state index contributed by atoms with van der Waals surface area (Å²) in [5.41, 5.74) is 0.253. The van der Waals surface area contributed by atoms with Gasteiger partial charge in [-0.15, -0.1) is 0 Å². The van der Waals surface area contributed by atoms with Gasteiger partial charge >= 0.3 is 0 Å². The molecule has 17 nitrogen and oxygen atoms in total. The SMILES string of the molecule is CC1(C)C(NC(=O)c2cnc(N3CCC(CN(CCN4CCOCC4)C4CC(Oc5ccc6c(c5)C(=O)N([C@@H]5CCC(=O)NC5=O)C6=O)C4)CC3)cn2)C(C)(C)C1Oc1ccc(C#N)c(Cl)c1. The van der Waals surface area contributed by atoms with Crippen molar-refractivity contribution in [2.45, 2.75) is 96.6 Å². The van der Waals surface area contributed by atoms with Crippen molar-refractivity contribution in [3.8, 4) is 17.6 Å². The van der Waals surface area contributed by atoms with Crippen LogP contribution < -0.4 is 25.0 Å². The Labute approximate surface area is 395 Å². The summed E-state index contributed by atoms with van der Waals surface area (Å²) in [6, 6.07) is 11.1. The Kier molecular flexibility index (Phi) is 13.0. The number of carbonyl (C=O) groups excluding carboxylic acids is 5. The van der Waals surface area contributed by atoms with Gasteiger partial charge in [0.15, 0.2) is 0 Å². The number of nitriles is 1. The number of piperidine rings is 2. The summed E-state index contributed by atoms with van der Waals surface area (Å²) < 4.78 is 18.4. The molecule has 5 amide bonds. The predicted molar refractivity (Wildman–Crippen MR) is 246 cm³/mol. The van der Waals surface area contributed by atoms with Crippen molar-refractivity contribution in [3.05, 3.63) is 76.2 Å². The number of halogens is 1. The van der Waals surface area contributed by atoms with Crippen molar-refractivity contribution in [2.75, 3.05) is 63.9 Å². The molecule has 6 aliphatic rings. The average Bonchev–Trinajstić information content (AvgIpc) is 3.55. The lowest BCUT2D eigenvalue weighted by Crippen LogP contribution is -2.74. The molecule has 2 saturated carbocycles. The molecule has 3 saturated heterocycles. The lowest BCUT2D eigenvalue weighted by molar-refractivity contribution is -0.164. The molecule has 3 aromatic rings. The van der Waals surface area contributed by atoms with E-state index in [1.807, 2.05) is 0 Å². The van der Waals surface area contributed by atoms with Crippen LogP contribution in [0.15, 0.2) is 48.8 Å². The fraction of sp³-hybridized carbons (Fsp3) is 0.551. The molecule has 2 N–H and O–H groups in total. The quantitative estimate of drug-likeness (QED) is 0.215. The Morgan fingerprint density at radius 2 is 1.63 bits per heavy atom. The maximum Gasteiger partial charge on any atom is 0.271 e. The minimum Gasteiger partial charge on any atom is -0.490 e. The Morgan fingerprint density at radius 1 is 0.925 bits per heavy atom. The number of carbonyl (C=O) groups is 5. The number of anilines is 1. The Hall–Kier alpha value is -5.67. The molecule has 5 fully saturated rings. The van der Waals surface area contributed by atoms with Gasteiger partial charge in [0.2, 0.25) is 11.8 Å². The van der Waals surface area contributed by atoms with E-state index in [-0.39, 0.29) is 53.8 Å². The molecule has 2 aromatic carbocycles. The highest BCUT2D eigenvalue weighted by Gasteiger charge is 2.64. The molecule has 5 heterocycles. The van der Waals surface area contributed by atoms with Crippen LogP contribution in [0.2, 0.25) is 5.02 Å². The summed E-state index contributed by atoms with van der Waals surface area (Å²) in [7, 11) is 0. The first kappa shape index (κ1) is 46.4. The number of benzene rings is 2. The maximum absolute atomic E-state index is 13.5. The average molecular weight is 937 g/mol. The molecule has 0 radical (unpaired) electrons. The molecule has 1 aromatic heterocycles. The summed E-state index contributed by atoms with van der Waals surface area (Å²) >= 11 is 6.27. The van der Waals surface area contributed by atoms with E-state index in [2.05, 4.69) is 64.1 Å². The highest BCUT2D eigenvalue weighted by Crippen LogP contribution is 2.55. The molecule has 0 bridgehead atoms. The van der Waals surface area contributed by atoms with Crippen LogP contribution in [-0.2, 0) is 14.3 Å². The molecule has 0 unspecified atom stereocenters. The fourth-order valence-corrected chi connectivity index (χ4v) is 11.5. The zero-order chi connectivity index (χ0) is 47.2. The number of rotatable bonds is 14. The molecule has 0 spiro atoms. The number of hydrogen-bond acceptors (Lipinski definition) is 14. The fourth-order valence-electron chi connectivity index (χ4n) is 11.2. The van der Waals surface area contributed by atoms with Crippen LogP contribution in [-0.4, -0.2) is 144 Å². The van der Waals surface area contributed by atoms with Crippen molar-refractivity contribution in [1.29, 1.82) is 5.26 Å². The highest BCUT2D eigenvalue weighted by atomic mass is 35.5. The van der Waals surface area contributed by atoms with Gasteiger partial charge in [0.25, 0.3) is 17.7 Å². The van der Waals surface area contributed by atoms with Gasteiger partial charge in [0, 0.05) is 94.1 Å². The van der Waals surface area contributed by atoms with Crippen LogP contribution >= 0.6 is 11.6 Å². The summed E-state index contributed by atoms with van der Waals surface area (Å²) in [4.78, 5) is 81.9. The third-order valence-corrected chi connectivity index (χ3v) is 15.2. The lowest BCUT2D eigenvalue weighted by atomic mass is 9.49. The van der Waals surface area contributed by atoms with Crippen molar-refractivity contribution < 1.29 is 38.2 Å². The first-order chi connectivity index (χ1) is 32.1. The van der Waals surface area contributed by atoms with Gasteiger partial charge in [-0.25, -0.2) is 9.97 Å². The highest BCUT2D eigenvalue weighted by molar-refractivity contribution is 6.31. The standard InChI is InChI=1S/C49H58ClN9O8/c1-48(2)46(49(3,4)47(48)67-33-6-5-30(25-51)37(50)24-33)55-42(61)38-26-53-40(27-52-38)57-13-11-29(12-14-57)28-58(16-15-56-17-19-65-20-18-56)31-21-34(22-31)66-32-7-8-35-36(23-32)45(64)59(44(35)63)39-9-10-41(60)54-43(39)62/h5-8,23-24,26-27,29,31,34,39,46-47H,9-22,28H2,1-4H3,(H,55,61)(H,54,60,62)/t31?,34?,39-,46?,47?/m1/s1. The second-order valence-corrected chi connectivity index (χ2v) is 20.4. The van der Waals surface area contributed by atoms with Gasteiger partial charge in [0.1, 0.15) is 47.3 Å². The minimum atomic E-state index is -1.02. The number of nitrogens with one attached hydrogen (secondary N) is 2. The third-order valence-electron chi connectivity index (χ3n) is 14.8. The minimum absolute atomic E-state index is 0.0457. The molecule has 9 rings (SSSR count). The zero-order valence-electron chi connectivity index (χ0n) is 38.5. The Morgan fingerprint density at radius 3 is 2.30 bits per heavy atom. The molecular weight excluding hydrogens is 878 g/mol. The predicted octanol–water partition coefficient (Wildman–Crippen LogP) is 4.48. The van der Waals surface area contributed by atoms with Crippen molar-refractivity contribution in [1.82, 2.24) is 35.3 Å². The molecule has 18 heteroatoms. The molecule has 2 aliphatic carbocycles. The van der Waals surface area contributed by atoms with Crippen LogP contribution in [0.5, 0.6) is 11.5 Å². The molecule has 67 heavy (non-hydrogen) atoms. The summed E-state index contributed by atoms with van der Waals surface area (Å²) in [5.74, 6) is -0.103. The number of fused-ring (bicyclic) bond motifs is 1. The second kappa shape index (κ2) is 18.8. The Bertz CT molecular complexity index is 2440. The summed E-state index contributed by atoms with van der Waals surface area (Å²) in [6.07, 6.45) is 6.80. The number of amides is 5. The van der Waals surface area contributed by atoms with Crippen LogP contribution in [0.3, 0.4) is 0 Å². The summed E-state index contributed by atoms with van der Waals surface area (Å²) in [5, 5.41) is 15.0. The maximum atomic E-state index is 13.5. The van der Waals surface area contributed by atoms with Crippen molar-refractivity contribution in [3.63, 3.8) is 0 Å². The number of hydrogen-bond donors (Lipinski definition) is 2. The normalized spacial score (nSPS) is 26.0. The molecule has 1 atom stereocenters. The lowest BCUT2D eigenvalue weighted by Gasteiger charge is -2.63. The topological polar surface area (TPSA) is 200 Å². The number of ether oxygens (including phenoxy) is 3. The Balaban J connectivity index is 0.767. The molecule has 4 aliphatic heterocycles. The van der Waals surface area contributed by atoms with E-state index < -0.39 is 40.5 Å². The largest absolute Gasteiger partial charge is 0.490 e. The monoisotopic (exact) mass is 935 g/mol. The van der Waals surface area contributed by atoms with Crippen LogP contribution in [0, 0.1) is 28.1 Å². The third kappa shape index (κ3) is 9.33. The number of morpholine rings is 1. The van der Waals surface area contributed by atoms with Gasteiger partial charge in [0.05, 0.1) is 47.3 Å². The van der Waals surface area contributed by atoms with E-state index in [0.717, 1.165) is 95.4 Å². The van der Waals surface area contributed by atoms with Gasteiger partial charge in [-0.2, -0.15) is 5.26 Å². The van der Waals surface area contributed by atoms with Crippen LogP contribution in [0.4, 0.5) is 5.82 Å².